The maximum atomic E-state index is 12.6. The summed E-state index contributed by atoms with van der Waals surface area (Å²) in [4.78, 5) is 14.3. The van der Waals surface area contributed by atoms with E-state index in [1.807, 2.05) is 0 Å². The minimum Gasteiger partial charge on any atom is -0.477 e. The molecule has 0 saturated heterocycles. The molecule has 4 nitrogen and oxygen atoms in total. The standard InChI is InChI=1S/C9H10F2N2O2/c1-4-6(3-12)5(8(10)11)2-7(13-4)9(14)15/h2,8H,3,12H2,1H3,(H,14,15). The predicted molar refractivity (Wildman–Crippen MR) is 48.8 cm³/mol. The Morgan fingerprint density at radius 1 is 1.67 bits per heavy atom. The fourth-order valence-electron chi connectivity index (χ4n) is 1.29. The molecule has 0 aromatic carbocycles. The molecule has 0 unspecified atom stereocenters. The predicted octanol–water partition coefficient (Wildman–Crippen LogP) is 1.48. The van der Waals surface area contributed by atoms with E-state index < -0.39 is 12.4 Å². The Morgan fingerprint density at radius 2 is 2.27 bits per heavy atom. The second-order valence-corrected chi connectivity index (χ2v) is 2.97. The van der Waals surface area contributed by atoms with Crippen LogP contribution in [0.25, 0.3) is 0 Å². The van der Waals surface area contributed by atoms with Gasteiger partial charge in [0.1, 0.15) is 5.69 Å². The number of carboxylic acid groups (broad SMARTS) is 1. The lowest BCUT2D eigenvalue weighted by molar-refractivity contribution is 0.0689. The van der Waals surface area contributed by atoms with Gasteiger partial charge in [-0.15, -0.1) is 0 Å². The van der Waals surface area contributed by atoms with Crippen LogP contribution in [-0.4, -0.2) is 16.1 Å². The highest BCUT2D eigenvalue weighted by Crippen LogP contribution is 2.25. The van der Waals surface area contributed by atoms with Crippen LogP contribution >= 0.6 is 0 Å². The molecular formula is C9H10F2N2O2. The molecular weight excluding hydrogens is 206 g/mol. The zero-order valence-corrected chi connectivity index (χ0v) is 8.00. The highest BCUT2D eigenvalue weighted by Gasteiger charge is 2.18. The number of halogens is 2. The van der Waals surface area contributed by atoms with Gasteiger partial charge in [-0.05, 0) is 18.6 Å². The monoisotopic (exact) mass is 216 g/mol. The summed E-state index contributed by atoms with van der Waals surface area (Å²) in [6, 6.07) is 0.863. The van der Waals surface area contributed by atoms with E-state index in [1.54, 1.807) is 0 Å². The van der Waals surface area contributed by atoms with E-state index in [1.165, 1.54) is 6.92 Å². The number of aryl methyl sites for hydroxylation is 1. The molecule has 0 bridgehead atoms. The smallest absolute Gasteiger partial charge is 0.354 e. The summed E-state index contributed by atoms with van der Waals surface area (Å²) in [5.41, 5.74) is 4.98. The second-order valence-electron chi connectivity index (χ2n) is 2.97. The Labute approximate surface area is 84.7 Å². The molecule has 82 valence electrons. The fourth-order valence-corrected chi connectivity index (χ4v) is 1.29. The maximum Gasteiger partial charge on any atom is 0.354 e. The first kappa shape index (κ1) is 11.5. The molecule has 0 atom stereocenters. The molecule has 15 heavy (non-hydrogen) atoms. The summed E-state index contributed by atoms with van der Waals surface area (Å²) in [7, 11) is 0. The van der Waals surface area contributed by atoms with E-state index in [4.69, 9.17) is 10.8 Å². The maximum absolute atomic E-state index is 12.6. The number of pyridine rings is 1. The highest BCUT2D eigenvalue weighted by atomic mass is 19.3. The number of carbonyl (C=O) groups is 1. The molecule has 6 heteroatoms. The third-order valence-electron chi connectivity index (χ3n) is 2.02. The Bertz CT molecular complexity index is 394. The van der Waals surface area contributed by atoms with Crippen molar-refractivity contribution in [1.82, 2.24) is 4.98 Å². The molecule has 0 spiro atoms. The Hall–Kier alpha value is -1.56. The quantitative estimate of drug-likeness (QED) is 0.802. The molecule has 0 fully saturated rings. The van der Waals surface area contributed by atoms with Crippen LogP contribution in [0.1, 0.15) is 33.7 Å². The van der Waals surface area contributed by atoms with Gasteiger partial charge in [-0.25, -0.2) is 18.6 Å². The first-order valence-electron chi connectivity index (χ1n) is 4.19. The number of rotatable bonds is 3. The van der Waals surface area contributed by atoms with Gasteiger partial charge in [0, 0.05) is 17.8 Å². The van der Waals surface area contributed by atoms with Gasteiger partial charge in [-0.2, -0.15) is 0 Å². The van der Waals surface area contributed by atoms with Crippen LogP contribution < -0.4 is 5.73 Å². The lowest BCUT2D eigenvalue weighted by atomic mass is 10.1. The van der Waals surface area contributed by atoms with Crippen LogP contribution in [0.3, 0.4) is 0 Å². The molecule has 0 aliphatic rings. The zero-order valence-electron chi connectivity index (χ0n) is 8.00. The summed E-state index contributed by atoms with van der Waals surface area (Å²) in [5.74, 6) is -1.33. The van der Waals surface area contributed by atoms with Gasteiger partial charge in [0.2, 0.25) is 0 Å². The molecule has 0 aliphatic heterocycles. The van der Waals surface area contributed by atoms with Crippen molar-refractivity contribution in [2.75, 3.05) is 0 Å². The minimum absolute atomic E-state index is 0.0849. The van der Waals surface area contributed by atoms with E-state index >= 15 is 0 Å². The van der Waals surface area contributed by atoms with Crippen molar-refractivity contribution in [3.05, 3.63) is 28.6 Å². The largest absolute Gasteiger partial charge is 0.477 e. The number of aromatic carboxylic acids is 1. The SMILES string of the molecule is Cc1nc(C(=O)O)cc(C(F)F)c1CN. The van der Waals surface area contributed by atoms with Crippen LogP contribution in [0, 0.1) is 6.92 Å². The third-order valence-corrected chi connectivity index (χ3v) is 2.02. The van der Waals surface area contributed by atoms with Crippen LogP contribution in [0.4, 0.5) is 8.78 Å². The molecule has 1 rings (SSSR count). The van der Waals surface area contributed by atoms with Crippen molar-refractivity contribution in [3.8, 4) is 0 Å². The average molecular weight is 216 g/mol. The molecule has 0 saturated carbocycles. The number of hydrogen-bond acceptors (Lipinski definition) is 3. The van der Waals surface area contributed by atoms with E-state index in [2.05, 4.69) is 4.98 Å². The van der Waals surface area contributed by atoms with Gasteiger partial charge in [-0.1, -0.05) is 0 Å². The highest BCUT2D eigenvalue weighted by molar-refractivity contribution is 5.85. The molecule has 0 radical (unpaired) electrons. The Morgan fingerprint density at radius 3 is 2.67 bits per heavy atom. The minimum atomic E-state index is -2.75. The molecule has 1 aromatic heterocycles. The number of carboxylic acids is 1. The van der Waals surface area contributed by atoms with Crippen LogP contribution in [0.15, 0.2) is 6.07 Å². The van der Waals surface area contributed by atoms with Crippen LogP contribution in [0.5, 0.6) is 0 Å². The van der Waals surface area contributed by atoms with Gasteiger partial charge >= 0.3 is 5.97 Å². The third kappa shape index (κ3) is 2.27. The number of hydrogen-bond donors (Lipinski definition) is 2. The van der Waals surface area contributed by atoms with Gasteiger partial charge in [0.25, 0.3) is 6.43 Å². The summed E-state index contributed by atoms with van der Waals surface area (Å²) < 4.78 is 25.1. The van der Waals surface area contributed by atoms with E-state index in [0.29, 0.717) is 0 Å². The van der Waals surface area contributed by atoms with Crippen molar-refractivity contribution in [2.45, 2.75) is 19.9 Å². The number of nitrogens with two attached hydrogens (primary N) is 1. The Kier molecular flexibility index (Phi) is 3.31. The zero-order chi connectivity index (χ0) is 11.6. The lowest BCUT2D eigenvalue weighted by Crippen LogP contribution is -2.11. The molecule has 0 amide bonds. The van der Waals surface area contributed by atoms with Gasteiger partial charge in [0.05, 0.1) is 0 Å². The number of nitrogens with zero attached hydrogens (tertiary/aromatic N) is 1. The summed E-state index contributed by atoms with van der Waals surface area (Å²) >= 11 is 0. The first-order chi connectivity index (χ1) is 6.97. The second kappa shape index (κ2) is 4.31. The fraction of sp³-hybridized carbons (Fsp3) is 0.333. The van der Waals surface area contributed by atoms with E-state index in [9.17, 15) is 13.6 Å². The molecule has 1 aromatic rings. The Balaban J connectivity index is 3.38. The number of aromatic nitrogens is 1. The molecule has 1 heterocycles. The topological polar surface area (TPSA) is 76.2 Å². The molecule has 3 N–H and O–H groups in total. The van der Waals surface area contributed by atoms with Crippen molar-refractivity contribution < 1.29 is 18.7 Å². The summed E-state index contributed by atoms with van der Waals surface area (Å²) in [5, 5.41) is 8.64. The van der Waals surface area contributed by atoms with Gasteiger partial charge in [0.15, 0.2) is 0 Å². The average Bonchev–Trinajstić information content (AvgIpc) is 2.16. The van der Waals surface area contributed by atoms with Crippen molar-refractivity contribution in [2.24, 2.45) is 5.73 Å². The van der Waals surface area contributed by atoms with E-state index in [-0.39, 0.29) is 29.1 Å². The van der Waals surface area contributed by atoms with Crippen molar-refractivity contribution >= 4 is 5.97 Å². The summed E-state index contributed by atoms with van der Waals surface area (Å²) in [6.07, 6.45) is -2.75. The van der Waals surface area contributed by atoms with Crippen LogP contribution in [-0.2, 0) is 6.54 Å². The molecule has 0 aliphatic carbocycles. The normalized spacial score (nSPS) is 10.7. The van der Waals surface area contributed by atoms with E-state index in [0.717, 1.165) is 6.07 Å². The number of alkyl halides is 2. The van der Waals surface area contributed by atoms with Crippen LogP contribution in [0.2, 0.25) is 0 Å². The summed E-state index contributed by atoms with van der Waals surface area (Å²) in [6.45, 7) is 1.37. The van der Waals surface area contributed by atoms with Crippen molar-refractivity contribution in [1.29, 1.82) is 0 Å². The first-order valence-corrected chi connectivity index (χ1v) is 4.19. The van der Waals surface area contributed by atoms with Gasteiger partial charge < -0.3 is 10.8 Å². The van der Waals surface area contributed by atoms with Crippen molar-refractivity contribution in [3.63, 3.8) is 0 Å². The lowest BCUT2D eigenvalue weighted by Gasteiger charge is -2.10. The van der Waals surface area contributed by atoms with Gasteiger partial charge in [-0.3, -0.25) is 0 Å².